The minimum atomic E-state index is 0.388. The Morgan fingerprint density at radius 1 is 1.60 bits per heavy atom. The maximum absolute atomic E-state index is 5.13. The van der Waals surface area contributed by atoms with Crippen molar-refractivity contribution in [3.8, 4) is 0 Å². The summed E-state index contributed by atoms with van der Waals surface area (Å²) in [5.74, 6) is 4.93. The van der Waals surface area contributed by atoms with Crippen LogP contribution >= 0.6 is 0 Å². The third-order valence-electron chi connectivity index (χ3n) is 2.32. The van der Waals surface area contributed by atoms with Crippen molar-refractivity contribution in [1.29, 1.82) is 0 Å². The molecule has 0 aliphatic carbocycles. The van der Waals surface area contributed by atoms with E-state index < -0.39 is 0 Å². The molecule has 1 aliphatic heterocycles. The van der Waals surface area contributed by atoms with E-state index in [0.29, 0.717) is 12.0 Å². The SMILES string of the molecule is CCC1(CCON)COC1. The molecule has 3 heteroatoms. The summed E-state index contributed by atoms with van der Waals surface area (Å²) in [6.07, 6.45) is 2.19. The second kappa shape index (κ2) is 3.32. The highest BCUT2D eigenvalue weighted by molar-refractivity contribution is 4.83. The maximum Gasteiger partial charge on any atom is 0.0686 e. The van der Waals surface area contributed by atoms with Crippen LogP contribution in [0.4, 0.5) is 0 Å². The zero-order chi connectivity index (χ0) is 7.45. The quantitative estimate of drug-likeness (QED) is 0.592. The number of rotatable bonds is 4. The number of hydrogen-bond donors (Lipinski definition) is 1. The molecule has 1 saturated heterocycles. The smallest absolute Gasteiger partial charge is 0.0686 e. The molecule has 0 bridgehead atoms. The molecule has 0 atom stereocenters. The number of hydrogen-bond acceptors (Lipinski definition) is 3. The second-order valence-corrected chi connectivity index (χ2v) is 2.97. The Morgan fingerprint density at radius 2 is 2.30 bits per heavy atom. The number of nitrogens with two attached hydrogens (primary N) is 1. The molecule has 2 N–H and O–H groups in total. The Kier molecular flexibility index (Phi) is 2.65. The van der Waals surface area contributed by atoms with E-state index in [2.05, 4.69) is 11.8 Å². The van der Waals surface area contributed by atoms with Crippen molar-refractivity contribution in [1.82, 2.24) is 0 Å². The van der Waals surface area contributed by atoms with E-state index in [0.717, 1.165) is 26.1 Å². The van der Waals surface area contributed by atoms with Crippen molar-refractivity contribution in [2.75, 3.05) is 19.8 Å². The minimum absolute atomic E-state index is 0.388. The fourth-order valence-corrected chi connectivity index (χ4v) is 1.19. The average Bonchev–Trinajstić information content (AvgIpc) is 1.87. The molecular weight excluding hydrogens is 130 g/mol. The molecule has 0 aromatic rings. The van der Waals surface area contributed by atoms with E-state index in [1.165, 1.54) is 0 Å². The maximum atomic E-state index is 5.13. The lowest BCUT2D eigenvalue weighted by atomic mass is 9.80. The monoisotopic (exact) mass is 145 g/mol. The average molecular weight is 145 g/mol. The van der Waals surface area contributed by atoms with Crippen LogP contribution in [-0.4, -0.2) is 19.8 Å². The van der Waals surface area contributed by atoms with Gasteiger partial charge in [0.1, 0.15) is 0 Å². The Bertz CT molecular complexity index is 96.3. The second-order valence-electron chi connectivity index (χ2n) is 2.97. The molecule has 0 radical (unpaired) electrons. The lowest BCUT2D eigenvalue weighted by Gasteiger charge is -2.40. The first-order valence-electron chi connectivity index (χ1n) is 3.72. The van der Waals surface area contributed by atoms with Crippen LogP contribution in [0.5, 0.6) is 0 Å². The summed E-state index contributed by atoms with van der Waals surface area (Å²) in [5.41, 5.74) is 0.388. The summed E-state index contributed by atoms with van der Waals surface area (Å²) in [5, 5.41) is 0. The van der Waals surface area contributed by atoms with Crippen LogP contribution in [0.15, 0.2) is 0 Å². The minimum Gasteiger partial charge on any atom is -0.380 e. The normalized spacial score (nSPS) is 22.2. The molecule has 0 aromatic heterocycles. The lowest BCUT2D eigenvalue weighted by molar-refractivity contribution is -0.127. The molecule has 1 fully saturated rings. The lowest BCUT2D eigenvalue weighted by Crippen LogP contribution is -2.42. The molecule has 1 heterocycles. The zero-order valence-electron chi connectivity index (χ0n) is 6.43. The van der Waals surface area contributed by atoms with Gasteiger partial charge < -0.3 is 9.57 Å². The summed E-state index contributed by atoms with van der Waals surface area (Å²) < 4.78 is 5.13. The summed E-state index contributed by atoms with van der Waals surface area (Å²) in [7, 11) is 0. The van der Waals surface area contributed by atoms with Crippen LogP contribution in [0.1, 0.15) is 19.8 Å². The fourth-order valence-electron chi connectivity index (χ4n) is 1.19. The zero-order valence-corrected chi connectivity index (χ0v) is 6.43. The van der Waals surface area contributed by atoms with Gasteiger partial charge in [0.05, 0.1) is 19.8 Å². The molecule has 0 aromatic carbocycles. The number of ether oxygens (including phenoxy) is 1. The van der Waals surface area contributed by atoms with Gasteiger partial charge in [-0.15, -0.1) is 0 Å². The van der Waals surface area contributed by atoms with Gasteiger partial charge in [-0.25, -0.2) is 5.90 Å². The molecule has 1 aliphatic rings. The molecule has 60 valence electrons. The Balaban J connectivity index is 2.20. The Hall–Kier alpha value is -0.120. The van der Waals surface area contributed by atoms with Crippen molar-refractivity contribution < 1.29 is 9.57 Å². The third-order valence-corrected chi connectivity index (χ3v) is 2.32. The standard InChI is InChI=1S/C7H15NO2/c1-2-7(3-4-10-8)5-9-6-7/h2-6,8H2,1H3. The predicted molar refractivity (Wildman–Crippen MR) is 38.3 cm³/mol. The van der Waals surface area contributed by atoms with Crippen LogP contribution in [0, 0.1) is 5.41 Å². The molecule has 3 nitrogen and oxygen atoms in total. The van der Waals surface area contributed by atoms with Crippen molar-refractivity contribution in [3.05, 3.63) is 0 Å². The molecule has 0 spiro atoms. The fraction of sp³-hybridized carbons (Fsp3) is 1.00. The van der Waals surface area contributed by atoms with Crippen LogP contribution in [-0.2, 0) is 9.57 Å². The summed E-state index contributed by atoms with van der Waals surface area (Å²) >= 11 is 0. The van der Waals surface area contributed by atoms with Gasteiger partial charge in [-0.2, -0.15) is 0 Å². The molecule has 0 saturated carbocycles. The van der Waals surface area contributed by atoms with E-state index in [1.54, 1.807) is 0 Å². The van der Waals surface area contributed by atoms with Crippen molar-refractivity contribution in [2.24, 2.45) is 11.3 Å². The van der Waals surface area contributed by atoms with Crippen molar-refractivity contribution in [2.45, 2.75) is 19.8 Å². The predicted octanol–water partition coefficient (Wildman–Crippen LogP) is 0.693. The van der Waals surface area contributed by atoms with Gasteiger partial charge in [-0.05, 0) is 12.8 Å². The van der Waals surface area contributed by atoms with Gasteiger partial charge in [0.25, 0.3) is 0 Å². The van der Waals surface area contributed by atoms with Gasteiger partial charge in [0.2, 0.25) is 0 Å². The third kappa shape index (κ3) is 1.48. The highest BCUT2D eigenvalue weighted by Crippen LogP contribution is 2.34. The van der Waals surface area contributed by atoms with E-state index in [-0.39, 0.29) is 0 Å². The molecule has 1 rings (SSSR count). The van der Waals surface area contributed by atoms with Gasteiger partial charge in [0.15, 0.2) is 0 Å². The summed E-state index contributed by atoms with van der Waals surface area (Å²) in [4.78, 5) is 4.52. The topological polar surface area (TPSA) is 44.5 Å². The van der Waals surface area contributed by atoms with Crippen molar-refractivity contribution >= 4 is 0 Å². The van der Waals surface area contributed by atoms with Crippen molar-refractivity contribution in [3.63, 3.8) is 0 Å². The molecule has 0 unspecified atom stereocenters. The first-order valence-corrected chi connectivity index (χ1v) is 3.72. The first-order chi connectivity index (χ1) is 4.83. The van der Waals surface area contributed by atoms with E-state index >= 15 is 0 Å². The van der Waals surface area contributed by atoms with Gasteiger partial charge in [-0.1, -0.05) is 6.92 Å². The van der Waals surface area contributed by atoms with Gasteiger partial charge in [0, 0.05) is 5.41 Å². The van der Waals surface area contributed by atoms with E-state index in [1.807, 2.05) is 0 Å². The Morgan fingerprint density at radius 3 is 2.60 bits per heavy atom. The van der Waals surface area contributed by atoms with E-state index in [9.17, 15) is 0 Å². The summed E-state index contributed by atoms with van der Waals surface area (Å²) in [6, 6.07) is 0. The van der Waals surface area contributed by atoms with Crippen LogP contribution in [0.25, 0.3) is 0 Å². The van der Waals surface area contributed by atoms with Crippen LogP contribution in [0.2, 0.25) is 0 Å². The molecular formula is C7H15NO2. The van der Waals surface area contributed by atoms with Crippen LogP contribution < -0.4 is 5.90 Å². The van der Waals surface area contributed by atoms with Gasteiger partial charge in [-0.3, -0.25) is 0 Å². The largest absolute Gasteiger partial charge is 0.380 e. The highest BCUT2D eigenvalue weighted by atomic mass is 16.6. The summed E-state index contributed by atoms with van der Waals surface area (Å²) in [6.45, 7) is 4.59. The molecule has 10 heavy (non-hydrogen) atoms. The van der Waals surface area contributed by atoms with Gasteiger partial charge >= 0.3 is 0 Å². The molecule has 0 amide bonds. The van der Waals surface area contributed by atoms with Crippen LogP contribution in [0.3, 0.4) is 0 Å². The highest BCUT2D eigenvalue weighted by Gasteiger charge is 2.35. The van der Waals surface area contributed by atoms with E-state index in [4.69, 9.17) is 10.6 Å². The Labute approximate surface area is 61.4 Å². The first kappa shape index (κ1) is 7.98.